The number of ketones is 1. The summed E-state index contributed by atoms with van der Waals surface area (Å²) >= 11 is 0. The molecule has 2 heteroatoms. The zero-order valence-corrected chi connectivity index (χ0v) is 10.3. The monoisotopic (exact) mass is 197 g/mol. The second-order valence-corrected chi connectivity index (χ2v) is 5.87. The molecule has 0 N–H and O–H groups in total. The third kappa shape index (κ3) is 1.72. The Morgan fingerprint density at radius 2 is 1.86 bits per heavy atom. The molecule has 0 radical (unpaired) electrons. The molecule has 0 unspecified atom stereocenters. The third-order valence-electron chi connectivity index (χ3n) is 3.28. The third-order valence-corrected chi connectivity index (χ3v) is 3.28. The first-order chi connectivity index (χ1) is 6.19. The molecule has 14 heavy (non-hydrogen) atoms. The zero-order chi connectivity index (χ0) is 11.1. The first kappa shape index (κ1) is 11.7. The lowest BCUT2D eigenvalue weighted by Gasteiger charge is -2.56. The van der Waals surface area contributed by atoms with Gasteiger partial charge in [-0.1, -0.05) is 13.8 Å². The summed E-state index contributed by atoms with van der Waals surface area (Å²) in [7, 11) is 0. The molecule has 1 atom stereocenters. The van der Waals surface area contributed by atoms with Crippen molar-refractivity contribution in [3.8, 4) is 0 Å². The van der Waals surface area contributed by atoms with Gasteiger partial charge in [-0.2, -0.15) is 0 Å². The average molecular weight is 197 g/mol. The lowest BCUT2D eigenvalue weighted by Crippen LogP contribution is -2.69. The number of hydrogen-bond donors (Lipinski definition) is 0. The molecule has 0 aromatic rings. The summed E-state index contributed by atoms with van der Waals surface area (Å²) in [4.78, 5) is 14.4. The van der Waals surface area contributed by atoms with E-state index < -0.39 is 0 Å². The van der Waals surface area contributed by atoms with E-state index >= 15 is 0 Å². The molecule has 0 spiro atoms. The Bertz CT molecular complexity index is 239. The quantitative estimate of drug-likeness (QED) is 0.678. The molecule has 2 nitrogen and oxygen atoms in total. The van der Waals surface area contributed by atoms with Gasteiger partial charge in [-0.3, -0.25) is 9.69 Å². The first-order valence-electron chi connectivity index (χ1n) is 5.51. The highest BCUT2D eigenvalue weighted by atomic mass is 16.1. The Labute approximate surface area is 87.7 Å². The van der Waals surface area contributed by atoms with Crippen LogP contribution in [-0.2, 0) is 4.79 Å². The Balaban J connectivity index is 2.82. The van der Waals surface area contributed by atoms with Crippen molar-refractivity contribution >= 4 is 5.78 Å². The van der Waals surface area contributed by atoms with E-state index in [0.29, 0.717) is 5.78 Å². The fraction of sp³-hybridized carbons (Fsp3) is 0.917. The van der Waals surface area contributed by atoms with Crippen molar-refractivity contribution in [1.82, 2.24) is 4.90 Å². The van der Waals surface area contributed by atoms with Gasteiger partial charge in [0.2, 0.25) is 0 Å². The lowest BCUT2D eigenvalue weighted by atomic mass is 9.75. The van der Waals surface area contributed by atoms with Gasteiger partial charge in [0, 0.05) is 18.0 Å². The smallest absolute Gasteiger partial charge is 0.155 e. The van der Waals surface area contributed by atoms with E-state index in [1.807, 2.05) is 13.8 Å². The summed E-state index contributed by atoms with van der Waals surface area (Å²) in [5.41, 5.74) is -0.0933. The highest BCUT2D eigenvalue weighted by Crippen LogP contribution is 2.38. The molecule has 0 aromatic carbocycles. The minimum Gasteiger partial charge on any atom is -0.297 e. The van der Waals surface area contributed by atoms with Crippen LogP contribution in [0.25, 0.3) is 0 Å². The number of rotatable bonds is 2. The molecule has 1 rings (SSSR count). The SMILES string of the molecule is CC(C)C(=O)[C@]1(C)CCN1C(C)(C)C. The van der Waals surface area contributed by atoms with Crippen LogP contribution >= 0.6 is 0 Å². The van der Waals surface area contributed by atoms with Gasteiger partial charge in [0.1, 0.15) is 0 Å². The van der Waals surface area contributed by atoms with Gasteiger partial charge in [-0.05, 0) is 34.1 Å². The van der Waals surface area contributed by atoms with E-state index in [4.69, 9.17) is 0 Å². The highest BCUT2D eigenvalue weighted by molar-refractivity contribution is 5.90. The van der Waals surface area contributed by atoms with Crippen molar-refractivity contribution in [2.24, 2.45) is 5.92 Å². The topological polar surface area (TPSA) is 20.3 Å². The molecule has 1 saturated heterocycles. The van der Waals surface area contributed by atoms with E-state index in [1.54, 1.807) is 0 Å². The minimum absolute atomic E-state index is 0.109. The molecule has 82 valence electrons. The number of likely N-dealkylation sites (tertiary alicyclic amines) is 1. The van der Waals surface area contributed by atoms with Gasteiger partial charge >= 0.3 is 0 Å². The van der Waals surface area contributed by atoms with Gasteiger partial charge in [0.25, 0.3) is 0 Å². The van der Waals surface area contributed by atoms with Gasteiger partial charge in [-0.15, -0.1) is 0 Å². The predicted octanol–water partition coefficient (Wildman–Crippen LogP) is 2.47. The average Bonchev–Trinajstić information content (AvgIpc) is 1.96. The van der Waals surface area contributed by atoms with Crippen molar-refractivity contribution in [3.05, 3.63) is 0 Å². The van der Waals surface area contributed by atoms with Crippen molar-refractivity contribution in [2.45, 2.75) is 59.0 Å². The van der Waals surface area contributed by atoms with Crippen molar-refractivity contribution < 1.29 is 4.79 Å². The van der Waals surface area contributed by atoms with Crippen LogP contribution in [0.4, 0.5) is 0 Å². The first-order valence-corrected chi connectivity index (χ1v) is 5.51. The number of Topliss-reactive ketones (excluding diaryl/α,β-unsaturated/α-hetero) is 1. The number of carbonyl (C=O) groups is 1. The summed E-state index contributed by atoms with van der Waals surface area (Å²) in [5.74, 6) is 0.531. The van der Waals surface area contributed by atoms with Crippen LogP contribution in [0.5, 0.6) is 0 Å². The highest BCUT2D eigenvalue weighted by Gasteiger charge is 2.51. The summed E-state index contributed by atoms with van der Waals surface area (Å²) in [6.45, 7) is 13.7. The van der Waals surface area contributed by atoms with E-state index in [-0.39, 0.29) is 17.0 Å². The maximum Gasteiger partial charge on any atom is 0.155 e. The van der Waals surface area contributed by atoms with Crippen LogP contribution in [0.15, 0.2) is 0 Å². The molecule has 0 aliphatic carbocycles. The standard InChI is InChI=1S/C12H23NO/c1-9(2)10(14)12(6)7-8-13(12)11(3,4)5/h9H,7-8H2,1-6H3/t12-/m0/s1. The van der Waals surface area contributed by atoms with Gasteiger partial charge in [-0.25, -0.2) is 0 Å². The molecule has 0 saturated carbocycles. The van der Waals surface area contributed by atoms with Crippen molar-refractivity contribution in [2.75, 3.05) is 6.54 Å². The number of hydrogen-bond acceptors (Lipinski definition) is 2. The molecule has 1 aliphatic rings. The fourth-order valence-corrected chi connectivity index (χ4v) is 2.51. The van der Waals surface area contributed by atoms with Crippen LogP contribution in [0.2, 0.25) is 0 Å². The van der Waals surface area contributed by atoms with Gasteiger partial charge < -0.3 is 0 Å². The second-order valence-electron chi connectivity index (χ2n) is 5.87. The molecule has 0 aromatic heterocycles. The maximum absolute atomic E-state index is 12.1. The predicted molar refractivity (Wildman–Crippen MR) is 59.3 cm³/mol. The number of carbonyl (C=O) groups excluding carboxylic acids is 1. The minimum atomic E-state index is -0.202. The van der Waals surface area contributed by atoms with Gasteiger partial charge in [0.15, 0.2) is 5.78 Å². The largest absolute Gasteiger partial charge is 0.297 e. The van der Waals surface area contributed by atoms with Crippen LogP contribution in [0, 0.1) is 5.92 Å². The Morgan fingerprint density at radius 1 is 1.36 bits per heavy atom. The second kappa shape index (κ2) is 3.34. The molecule has 1 heterocycles. The normalized spacial score (nSPS) is 29.1. The maximum atomic E-state index is 12.1. The fourth-order valence-electron chi connectivity index (χ4n) is 2.51. The van der Waals surface area contributed by atoms with Crippen LogP contribution in [0.1, 0.15) is 48.0 Å². The Hall–Kier alpha value is -0.370. The van der Waals surface area contributed by atoms with E-state index in [9.17, 15) is 4.79 Å². The van der Waals surface area contributed by atoms with Crippen LogP contribution in [-0.4, -0.2) is 28.3 Å². The zero-order valence-electron chi connectivity index (χ0n) is 10.3. The van der Waals surface area contributed by atoms with Gasteiger partial charge in [0.05, 0.1) is 5.54 Å². The summed E-state index contributed by atoms with van der Waals surface area (Å²) in [6.07, 6.45) is 1.02. The van der Waals surface area contributed by atoms with E-state index in [0.717, 1.165) is 13.0 Å². The molecule has 0 amide bonds. The summed E-state index contributed by atoms with van der Waals surface area (Å²) in [5, 5.41) is 0. The molecule has 0 bridgehead atoms. The Morgan fingerprint density at radius 3 is 2.07 bits per heavy atom. The number of nitrogens with zero attached hydrogens (tertiary/aromatic N) is 1. The van der Waals surface area contributed by atoms with Crippen LogP contribution < -0.4 is 0 Å². The molecular formula is C12H23NO. The van der Waals surface area contributed by atoms with E-state index in [2.05, 4.69) is 32.6 Å². The lowest BCUT2D eigenvalue weighted by molar-refractivity contribution is -0.150. The summed E-state index contributed by atoms with van der Waals surface area (Å²) in [6, 6.07) is 0. The van der Waals surface area contributed by atoms with Crippen molar-refractivity contribution in [1.29, 1.82) is 0 Å². The molecular weight excluding hydrogens is 174 g/mol. The Kier molecular flexibility index (Phi) is 2.79. The molecule has 1 aliphatic heterocycles. The van der Waals surface area contributed by atoms with Crippen LogP contribution in [0.3, 0.4) is 0 Å². The van der Waals surface area contributed by atoms with Crippen molar-refractivity contribution in [3.63, 3.8) is 0 Å². The molecule has 1 fully saturated rings. The summed E-state index contributed by atoms with van der Waals surface area (Å²) < 4.78 is 0. The van der Waals surface area contributed by atoms with E-state index in [1.165, 1.54) is 0 Å².